The Balaban J connectivity index is 0.719. The molecular weight excluding hydrogens is 851 g/mol. The maximum atomic E-state index is 14.1. The summed E-state index contributed by atoms with van der Waals surface area (Å²) in [5, 5.41) is 9.80. The molecule has 2 aromatic carbocycles. The van der Waals surface area contributed by atoms with Gasteiger partial charge < -0.3 is 33.9 Å². The van der Waals surface area contributed by atoms with Crippen molar-refractivity contribution in [1.29, 1.82) is 0 Å². The van der Waals surface area contributed by atoms with Gasteiger partial charge >= 0.3 is 0 Å². The molecule has 11 rings (SSSR count). The van der Waals surface area contributed by atoms with Crippen molar-refractivity contribution in [3.05, 3.63) is 165 Å². The lowest BCUT2D eigenvalue weighted by molar-refractivity contribution is -0.0312. The molecule has 3 aliphatic rings. The van der Waals surface area contributed by atoms with Crippen molar-refractivity contribution in [2.24, 2.45) is 5.92 Å². The maximum absolute atomic E-state index is 14.1. The van der Waals surface area contributed by atoms with E-state index in [2.05, 4.69) is 83.3 Å². The van der Waals surface area contributed by atoms with Crippen LogP contribution in [0.1, 0.15) is 133 Å². The predicted molar refractivity (Wildman–Crippen MR) is 261 cm³/mol. The van der Waals surface area contributed by atoms with Crippen LogP contribution in [0.15, 0.2) is 97.5 Å². The van der Waals surface area contributed by atoms with E-state index in [0.717, 1.165) is 96.7 Å². The number of rotatable bonds is 13. The van der Waals surface area contributed by atoms with Gasteiger partial charge in [-0.25, -0.2) is 15.0 Å². The third-order valence-electron chi connectivity index (χ3n) is 14.7. The Bertz CT molecular complexity index is 3300. The first-order valence-corrected chi connectivity index (χ1v) is 24.1. The van der Waals surface area contributed by atoms with Gasteiger partial charge in [-0.05, 0) is 143 Å². The smallest absolute Gasteiger partial charge is 0.255 e. The van der Waals surface area contributed by atoms with Crippen molar-refractivity contribution in [3.63, 3.8) is 0 Å². The summed E-state index contributed by atoms with van der Waals surface area (Å²) < 4.78 is 12.3. The lowest BCUT2D eigenvalue weighted by Crippen LogP contribution is -2.48. The molecule has 1 saturated carbocycles. The van der Waals surface area contributed by atoms with Gasteiger partial charge in [0.15, 0.2) is 0 Å². The maximum Gasteiger partial charge on any atom is 0.255 e. The molecule has 6 heterocycles. The number of fused-ring (bicyclic) bond motifs is 5. The number of benzene rings is 2. The van der Waals surface area contributed by atoms with Crippen LogP contribution in [0, 0.1) is 33.6 Å². The second kappa shape index (κ2) is 17.5. The number of amides is 3. The van der Waals surface area contributed by atoms with Gasteiger partial charge in [0.05, 0.1) is 47.2 Å². The van der Waals surface area contributed by atoms with Crippen LogP contribution in [0.4, 0.5) is 0 Å². The third-order valence-corrected chi connectivity index (χ3v) is 14.7. The molecule has 0 radical (unpaired) electrons. The molecule has 0 aliphatic heterocycles. The summed E-state index contributed by atoms with van der Waals surface area (Å²) in [6, 6.07) is 26.4. The monoisotopic (exact) mass is 907 g/mol. The van der Waals surface area contributed by atoms with E-state index in [1.165, 1.54) is 16.7 Å². The molecule has 346 valence electrons. The summed E-state index contributed by atoms with van der Waals surface area (Å²) >= 11 is 0. The average molecular weight is 908 g/mol. The van der Waals surface area contributed by atoms with E-state index in [1.807, 2.05) is 82.9 Å². The summed E-state index contributed by atoms with van der Waals surface area (Å²) in [4.78, 5) is 55.7. The number of nitrogens with one attached hydrogen (secondary N) is 3. The Morgan fingerprint density at radius 1 is 0.647 bits per heavy atom. The van der Waals surface area contributed by atoms with Crippen LogP contribution >= 0.6 is 0 Å². The van der Waals surface area contributed by atoms with Crippen LogP contribution in [0.3, 0.4) is 0 Å². The number of carbonyl (C=O) groups is 3. The molecule has 3 aliphatic carbocycles. The van der Waals surface area contributed by atoms with Crippen molar-refractivity contribution in [2.45, 2.75) is 110 Å². The standard InChI is InChI=1S/C55H57N9O4/c1-6-35(30-68-41-28-40(29-41)58-53(65)44-17-20-62-32(3)23-31(2)56-50(44)62)26-39-24-33(4)63-21-18-45(51(63)57-39)54(66)61-48-16-13-37-27-38(11-14-43(37)48)49-25-34(5)64-22-19-46(52(64)59-49)55(67)60-47-15-12-36-9-7-8-10-42(36)47/h7-11,14,17-25,27,35,40-41,47-48H,6,12-13,15-16,26,28-30H2,1-5H3,(H,58,65)(H,60,67)(H,61,66)/t35?,40-,41-,47-,48?/m0/s1. The van der Waals surface area contributed by atoms with Crippen LogP contribution in [0.5, 0.6) is 0 Å². The Morgan fingerprint density at radius 2 is 1.22 bits per heavy atom. The minimum Gasteiger partial charge on any atom is -0.378 e. The Morgan fingerprint density at radius 3 is 1.90 bits per heavy atom. The van der Waals surface area contributed by atoms with Crippen LogP contribution in [-0.2, 0) is 24.0 Å². The van der Waals surface area contributed by atoms with Gasteiger partial charge in [-0.1, -0.05) is 49.7 Å². The highest BCUT2D eigenvalue weighted by Crippen LogP contribution is 2.36. The van der Waals surface area contributed by atoms with Crippen LogP contribution in [0.25, 0.3) is 28.2 Å². The Hall–Kier alpha value is -7.12. The van der Waals surface area contributed by atoms with E-state index in [1.54, 1.807) is 0 Å². The number of aryl methyl sites for hydroxylation is 6. The second-order valence-electron chi connectivity index (χ2n) is 19.3. The second-order valence-corrected chi connectivity index (χ2v) is 19.3. The van der Waals surface area contributed by atoms with Crippen molar-refractivity contribution < 1.29 is 19.1 Å². The summed E-state index contributed by atoms with van der Waals surface area (Å²) in [7, 11) is 0. The first-order chi connectivity index (χ1) is 33.0. The van der Waals surface area contributed by atoms with Crippen molar-refractivity contribution >= 4 is 34.7 Å². The fourth-order valence-corrected chi connectivity index (χ4v) is 10.8. The van der Waals surface area contributed by atoms with Crippen molar-refractivity contribution in [2.75, 3.05) is 6.61 Å². The van der Waals surface area contributed by atoms with Crippen LogP contribution < -0.4 is 16.0 Å². The van der Waals surface area contributed by atoms with Crippen molar-refractivity contribution in [3.8, 4) is 11.3 Å². The van der Waals surface area contributed by atoms with Gasteiger partial charge in [-0.3, -0.25) is 14.4 Å². The topological polar surface area (TPSA) is 148 Å². The molecule has 8 aromatic rings. The van der Waals surface area contributed by atoms with E-state index in [9.17, 15) is 14.4 Å². The lowest BCUT2D eigenvalue weighted by Gasteiger charge is -2.36. The number of carbonyl (C=O) groups excluding carboxylic acids is 3. The molecule has 0 saturated heterocycles. The fourth-order valence-electron chi connectivity index (χ4n) is 10.8. The Kier molecular flexibility index (Phi) is 11.2. The molecule has 3 N–H and O–H groups in total. The minimum atomic E-state index is -0.143. The number of nitrogens with zero attached hydrogens (tertiary/aromatic N) is 6. The zero-order valence-corrected chi connectivity index (χ0v) is 39.3. The van der Waals surface area contributed by atoms with E-state index < -0.39 is 0 Å². The molecule has 13 heteroatoms. The normalized spacial score (nSPS) is 19.0. The first-order valence-electron chi connectivity index (χ1n) is 24.1. The zero-order valence-electron chi connectivity index (χ0n) is 39.3. The van der Waals surface area contributed by atoms with Crippen LogP contribution in [0.2, 0.25) is 0 Å². The summed E-state index contributed by atoms with van der Waals surface area (Å²) in [5.74, 6) is -0.109. The average Bonchev–Trinajstić information content (AvgIpc) is 4.17. The molecule has 0 bridgehead atoms. The van der Waals surface area contributed by atoms with E-state index >= 15 is 0 Å². The molecule has 3 atom stereocenters. The molecule has 1 fully saturated rings. The largest absolute Gasteiger partial charge is 0.378 e. The number of hydrogen-bond donors (Lipinski definition) is 3. The molecule has 3 amide bonds. The van der Waals surface area contributed by atoms with Gasteiger partial charge in [0.1, 0.15) is 16.9 Å². The van der Waals surface area contributed by atoms with E-state index in [0.29, 0.717) is 40.2 Å². The van der Waals surface area contributed by atoms with E-state index in [-0.39, 0.29) is 47.9 Å². The first kappa shape index (κ1) is 43.5. The summed E-state index contributed by atoms with van der Waals surface area (Å²) in [5.41, 5.74) is 15.1. The highest BCUT2D eigenvalue weighted by Gasteiger charge is 2.33. The van der Waals surface area contributed by atoms with Crippen LogP contribution in [-0.4, -0.2) is 64.6 Å². The van der Waals surface area contributed by atoms with Crippen molar-refractivity contribution in [1.82, 2.24) is 44.1 Å². The molecule has 13 nitrogen and oxygen atoms in total. The van der Waals surface area contributed by atoms with Gasteiger partial charge in [0, 0.05) is 58.7 Å². The van der Waals surface area contributed by atoms with Gasteiger partial charge in [0.2, 0.25) is 0 Å². The number of ether oxygens (including phenoxy) is 1. The highest BCUT2D eigenvalue weighted by atomic mass is 16.5. The van der Waals surface area contributed by atoms with E-state index in [4.69, 9.17) is 14.7 Å². The number of hydrogen-bond acceptors (Lipinski definition) is 7. The lowest BCUT2D eigenvalue weighted by atomic mass is 9.88. The molecule has 2 unspecified atom stereocenters. The van der Waals surface area contributed by atoms with Gasteiger partial charge in [0.25, 0.3) is 17.7 Å². The third kappa shape index (κ3) is 8.01. The number of aromatic nitrogens is 6. The minimum absolute atomic E-state index is 0.00970. The summed E-state index contributed by atoms with van der Waals surface area (Å²) in [6.45, 7) is 10.8. The quantitative estimate of drug-likeness (QED) is 0.105. The molecule has 6 aromatic heterocycles. The van der Waals surface area contributed by atoms with Gasteiger partial charge in [-0.15, -0.1) is 0 Å². The fraction of sp³-hybridized carbons (Fsp3) is 0.345. The molecule has 68 heavy (non-hydrogen) atoms. The SMILES string of the molecule is CCC(CO[C@H]1C[C@H](NC(=O)c2ccn3c(C)cc(C)nc23)C1)Cc1cc(C)n2ccc(C(=O)NC3CCc4cc(-c5cc(C)n6ccc(C(=O)N[C@H]7CCc8ccccc87)c6n5)ccc43)c2n1. The highest BCUT2D eigenvalue weighted by molar-refractivity contribution is 6.02. The Labute approximate surface area is 395 Å². The molecule has 0 spiro atoms. The van der Waals surface area contributed by atoms with Gasteiger partial charge in [-0.2, -0.15) is 0 Å². The zero-order chi connectivity index (χ0) is 46.8. The summed E-state index contributed by atoms with van der Waals surface area (Å²) in [6.07, 6.45) is 12.5. The molecular formula is C55H57N9O4. The predicted octanol–water partition coefficient (Wildman–Crippen LogP) is 8.91.